The molecule has 0 atom stereocenters. The number of likely N-dealkylation sites (tertiary alicyclic amines) is 1. The molecule has 1 aliphatic rings. The van der Waals surface area contributed by atoms with Crippen molar-refractivity contribution in [2.45, 2.75) is 19.4 Å². The van der Waals surface area contributed by atoms with E-state index < -0.39 is 5.91 Å². The number of hydrogen-bond donors (Lipinski definition) is 1. The van der Waals surface area contributed by atoms with Gasteiger partial charge in [0.05, 0.1) is 0 Å². The van der Waals surface area contributed by atoms with Crippen LogP contribution >= 0.6 is 0 Å². The zero-order valence-corrected chi connectivity index (χ0v) is 8.98. The maximum atomic E-state index is 11.4. The molecule has 84 valence electrons. The third-order valence-electron chi connectivity index (χ3n) is 2.76. The third kappa shape index (κ3) is 2.21. The predicted octanol–water partition coefficient (Wildman–Crippen LogP) is 0.908. The Kier molecular flexibility index (Phi) is 2.90. The number of primary amides is 1. The average Bonchev–Trinajstić information content (AvgIpc) is 2.65. The zero-order chi connectivity index (χ0) is 11.5. The lowest BCUT2D eigenvalue weighted by molar-refractivity contribution is -0.128. The highest BCUT2D eigenvalue weighted by molar-refractivity contribution is 5.92. The first-order valence-electron chi connectivity index (χ1n) is 5.33. The second-order valence-electron chi connectivity index (χ2n) is 3.98. The molecule has 1 aromatic rings. The van der Waals surface area contributed by atoms with Crippen molar-refractivity contribution in [2.24, 2.45) is 5.73 Å². The van der Waals surface area contributed by atoms with Gasteiger partial charge in [-0.05, 0) is 24.1 Å². The van der Waals surface area contributed by atoms with E-state index in [-0.39, 0.29) is 5.91 Å². The summed E-state index contributed by atoms with van der Waals surface area (Å²) in [4.78, 5) is 24.2. The Bertz CT molecular complexity index is 429. The minimum atomic E-state index is -0.436. The summed E-state index contributed by atoms with van der Waals surface area (Å²) in [5.41, 5.74) is 6.64. The monoisotopic (exact) mass is 218 g/mol. The van der Waals surface area contributed by atoms with Gasteiger partial charge in [0, 0.05) is 25.1 Å². The van der Waals surface area contributed by atoms with Crippen molar-refractivity contribution in [3.63, 3.8) is 0 Å². The van der Waals surface area contributed by atoms with Gasteiger partial charge in [-0.2, -0.15) is 0 Å². The number of hydrogen-bond acceptors (Lipinski definition) is 2. The summed E-state index contributed by atoms with van der Waals surface area (Å²) in [6, 6.07) is 7.11. The molecule has 1 aromatic carbocycles. The topological polar surface area (TPSA) is 63.4 Å². The molecular formula is C12H14N2O2. The average molecular weight is 218 g/mol. The SMILES string of the molecule is NC(=O)c1cccc(CN2CCCC2=O)c1. The minimum Gasteiger partial charge on any atom is -0.366 e. The van der Waals surface area contributed by atoms with Crippen LogP contribution in [0.15, 0.2) is 24.3 Å². The van der Waals surface area contributed by atoms with Gasteiger partial charge < -0.3 is 10.6 Å². The highest BCUT2D eigenvalue weighted by atomic mass is 16.2. The van der Waals surface area contributed by atoms with Crippen molar-refractivity contribution >= 4 is 11.8 Å². The van der Waals surface area contributed by atoms with Crippen LogP contribution in [-0.4, -0.2) is 23.3 Å². The van der Waals surface area contributed by atoms with Crippen LogP contribution in [0.3, 0.4) is 0 Å². The second kappa shape index (κ2) is 4.35. The van der Waals surface area contributed by atoms with Crippen molar-refractivity contribution in [2.75, 3.05) is 6.54 Å². The molecule has 2 N–H and O–H groups in total. The highest BCUT2D eigenvalue weighted by Gasteiger charge is 2.19. The van der Waals surface area contributed by atoms with E-state index in [4.69, 9.17) is 5.73 Å². The number of nitrogens with zero attached hydrogens (tertiary/aromatic N) is 1. The smallest absolute Gasteiger partial charge is 0.248 e. The second-order valence-corrected chi connectivity index (χ2v) is 3.98. The molecule has 4 nitrogen and oxygen atoms in total. The first kappa shape index (κ1) is 10.7. The first-order chi connectivity index (χ1) is 7.66. The number of carbonyl (C=O) groups excluding carboxylic acids is 2. The van der Waals surface area contributed by atoms with E-state index in [1.165, 1.54) is 0 Å². The zero-order valence-electron chi connectivity index (χ0n) is 8.98. The maximum Gasteiger partial charge on any atom is 0.248 e. The Morgan fingerprint density at radius 3 is 2.88 bits per heavy atom. The van der Waals surface area contributed by atoms with Gasteiger partial charge in [0.15, 0.2) is 0 Å². The van der Waals surface area contributed by atoms with E-state index in [9.17, 15) is 9.59 Å². The Morgan fingerprint density at radius 1 is 1.44 bits per heavy atom. The van der Waals surface area contributed by atoms with Crippen LogP contribution in [0.2, 0.25) is 0 Å². The molecule has 2 rings (SSSR count). The van der Waals surface area contributed by atoms with E-state index in [0.717, 1.165) is 18.5 Å². The van der Waals surface area contributed by atoms with Crippen LogP contribution in [0, 0.1) is 0 Å². The van der Waals surface area contributed by atoms with Crippen molar-refractivity contribution in [1.29, 1.82) is 0 Å². The third-order valence-corrected chi connectivity index (χ3v) is 2.76. The van der Waals surface area contributed by atoms with Crippen molar-refractivity contribution in [3.8, 4) is 0 Å². The summed E-state index contributed by atoms with van der Waals surface area (Å²) < 4.78 is 0. The predicted molar refractivity (Wildman–Crippen MR) is 59.6 cm³/mol. The van der Waals surface area contributed by atoms with Crippen LogP contribution in [0.5, 0.6) is 0 Å². The van der Waals surface area contributed by atoms with Gasteiger partial charge in [-0.15, -0.1) is 0 Å². The molecule has 2 amide bonds. The van der Waals surface area contributed by atoms with Gasteiger partial charge >= 0.3 is 0 Å². The van der Waals surface area contributed by atoms with Gasteiger partial charge in [-0.25, -0.2) is 0 Å². The van der Waals surface area contributed by atoms with Crippen LogP contribution in [0.4, 0.5) is 0 Å². The Labute approximate surface area is 94.0 Å². The fourth-order valence-corrected chi connectivity index (χ4v) is 1.91. The summed E-state index contributed by atoms with van der Waals surface area (Å²) in [6.07, 6.45) is 1.56. The number of rotatable bonds is 3. The Balaban J connectivity index is 2.12. The molecule has 0 bridgehead atoms. The van der Waals surface area contributed by atoms with E-state index in [2.05, 4.69) is 0 Å². The van der Waals surface area contributed by atoms with Crippen molar-refractivity contribution < 1.29 is 9.59 Å². The number of amides is 2. The standard InChI is InChI=1S/C12H14N2O2/c13-12(16)10-4-1-3-9(7-10)8-14-6-2-5-11(14)15/h1,3-4,7H,2,5-6,8H2,(H2,13,16). The van der Waals surface area contributed by atoms with Crippen LogP contribution in [-0.2, 0) is 11.3 Å². The number of benzene rings is 1. The number of nitrogens with two attached hydrogens (primary N) is 1. The Hall–Kier alpha value is -1.84. The largest absolute Gasteiger partial charge is 0.366 e. The quantitative estimate of drug-likeness (QED) is 0.819. The highest BCUT2D eigenvalue weighted by Crippen LogP contribution is 2.14. The van der Waals surface area contributed by atoms with Crippen LogP contribution < -0.4 is 5.73 Å². The Morgan fingerprint density at radius 2 is 2.25 bits per heavy atom. The first-order valence-corrected chi connectivity index (χ1v) is 5.33. The molecule has 16 heavy (non-hydrogen) atoms. The lowest BCUT2D eigenvalue weighted by atomic mass is 10.1. The molecule has 0 aromatic heterocycles. The molecule has 1 aliphatic heterocycles. The van der Waals surface area contributed by atoms with Crippen LogP contribution in [0.25, 0.3) is 0 Å². The molecule has 1 fully saturated rings. The van der Waals surface area contributed by atoms with Gasteiger partial charge in [-0.1, -0.05) is 12.1 Å². The molecule has 1 heterocycles. The lowest BCUT2D eigenvalue weighted by Crippen LogP contribution is -2.24. The minimum absolute atomic E-state index is 0.185. The van der Waals surface area contributed by atoms with Gasteiger partial charge in [0.1, 0.15) is 0 Å². The summed E-state index contributed by atoms with van der Waals surface area (Å²) in [7, 11) is 0. The summed E-state index contributed by atoms with van der Waals surface area (Å²) in [5, 5.41) is 0. The van der Waals surface area contributed by atoms with E-state index >= 15 is 0 Å². The van der Waals surface area contributed by atoms with Crippen molar-refractivity contribution in [1.82, 2.24) is 4.90 Å². The molecule has 0 saturated carbocycles. The van der Waals surface area contributed by atoms with Gasteiger partial charge in [0.2, 0.25) is 11.8 Å². The van der Waals surface area contributed by atoms with E-state index in [1.54, 1.807) is 23.1 Å². The van der Waals surface area contributed by atoms with E-state index in [1.807, 2.05) is 6.07 Å². The lowest BCUT2D eigenvalue weighted by Gasteiger charge is -2.15. The maximum absolute atomic E-state index is 11.4. The fourth-order valence-electron chi connectivity index (χ4n) is 1.91. The fraction of sp³-hybridized carbons (Fsp3) is 0.333. The number of carbonyl (C=O) groups is 2. The molecule has 1 saturated heterocycles. The van der Waals surface area contributed by atoms with Crippen molar-refractivity contribution in [3.05, 3.63) is 35.4 Å². The van der Waals surface area contributed by atoms with Gasteiger partial charge in [0.25, 0.3) is 0 Å². The molecule has 0 radical (unpaired) electrons. The normalized spacial score (nSPS) is 15.5. The molecule has 0 spiro atoms. The molecule has 4 heteroatoms. The summed E-state index contributed by atoms with van der Waals surface area (Å²) >= 11 is 0. The summed E-state index contributed by atoms with van der Waals surface area (Å²) in [5.74, 6) is -0.251. The molecular weight excluding hydrogens is 204 g/mol. The molecule has 0 aliphatic carbocycles. The summed E-state index contributed by atoms with van der Waals surface area (Å²) in [6.45, 7) is 1.37. The van der Waals surface area contributed by atoms with E-state index in [0.29, 0.717) is 18.5 Å². The van der Waals surface area contributed by atoms with Gasteiger partial charge in [-0.3, -0.25) is 9.59 Å². The van der Waals surface area contributed by atoms with Crippen LogP contribution in [0.1, 0.15) is 28.8 Å². The molecule has 0 unspecified atom stereocenters.